The first-order valence-electron chi connectivity index (χ1n) is 17.8. The quantitative estimate of drug-likeness (QED) is 0.145. The van der Waals surface area contributed by atoms with E-state index in [1.807, 2.05) is 13.8 Å². The maximum Gasteiger partial charge on any atom is 0.315 e. The van der Waals surface area contributed by atoms with E-state index >= 15 is 0 Å². The molecule has 17 atom stereocenters. The van der Waals surface area contributed by atoms with Crippen LogP contribution in [-0.2, 0) is 14.3 Å². The average molecular weight is 683 g/mol. The van der Waals surface area contributed by atoms with Crippen molar-refractivity contribution in [1.29, 1.82) is 0 Å². The zero-order valence-corrected chi connectivity index (χ0v) is 29.1. The highest BCUT2D eigenvalue weighted by molar-refractivity contribution is 5.79. The van der Waals surface area contributed by atoms with Gasteiger partial charge < -0.3 is 55.4 Å². The molecular weight excluding hydrogens is 624 g/mol. The fourth-order valence-corrected chi connectivity index (χ4v) is 12.3. The second kappa shape index (κ2) is 11.7. The van der Waals surface area contributed by atoms with Crippen molar-refractivity contribution in [3.8, 4) is 0 Å². The lowest BCUT2D eigenvalue weighted by Gasteiger charge is -2.72. The van der Waals surface area contributed by atoms with Crippen LogP contribution in [0, 0.1) is 50.2 Å². The number of aliphatic hydroxyl groups is 9. The van der Waals surface area contributed by atoms with E-state index < -0.39 is 112 Å². The van der Waals surface area contributed by atoms with Crippen molar-refractivity contribution in [3.05, 3.63) is 11.6 Å². The molecule has 4 saturated carbocycles. The Morgan fingerprint density at radius 1 is 0.833 bits per heavy atom. The van der Waals surface area contributed by atoms with Crippen LogP contribution in [0.2, 0.25) is 0 Å². The van der Waals surface area contributed by atoms with Crippen molar-refractivity contribution in [2.45, 2.75) is 142 Å². The van der Waals surface area contributed by atoms with Crippen molar-refractivity contribution in [2.75, 3.05) is 13.2 Å². The minimum atomic E-state index is -1.75. The van der Waals surface area contributed by atoms with Crippen LogP contribution < -0.4 is 0 Å². The summed E-state index contributed by atoms with van der Waals surface area (Å²) in [5, 5.41) is 98.0. The molecule has 0 aromatic carbocycles. The van der Waals surface area contributed by atoms with Crippen LogP contribution in [0.4, 0.5) is 0 Å². The third-order valence-electron chi connectivity index (χ3n) is 15.3. The van der Waals surface area contributed by atoms with E-state index in [1.54, 1.807) is 6.92 Å². The molecule has 9 N–H and O–H groups in total. The second-order valence-electron chi connectivity index (χ2n) is 18.0. The van der Waals surface area contributed by atoms with E-state index in [1.165, 1.54) is 0 Å². The summed E-state index contributed by atoms with van der Waals surface area (Å²) in [5.41, 5.74) is -3.71. The molecule has 6 rings (SSSR count). The Morgan fingerprint density at radius 2 is 1.48 bits per heavy atom. The molecule has 0 aromatic rings. The predicted octanol–water partition coefficient (Wildman–Crippen LogP) is 0.377. The molecule has 1 aliphatic heterocycles. The van der Waals surface area contributed by atoms with Gasteiger partial charge in [-0.15, -0.1) is 0 Å². The highest BCUT2D eigenvalue weighted by atomic mass is 16.7. The maximum absolute atomic E-state index is 14.4. The monoisotopic (exact) mass is 682 g/mol. The third-order valence-corrected chi connectivity index (χ3v) is 15.3. The van der Waals surface area contributed by atoms with Crippen molar-refractivity contribution in [2.24, 2.45) is 50.2 Å². The van der Waals surface area contributed by atoms with Crippen LogP contribution in [0.15, 0.2) is 11.6 Å². The maximum atomic E-state index is 14.4. The lowest BCUT2D eigenvalue weighted by atomic mass is 9.32. The largest absolute Gasteiger partial charge is 0.432 e. The van der Waals surface area contributed by atoms with Gasteiger partial charge in [0, 0.05) is 17.3 Å². The molecule has 5 aliphatic carbocycles. The number of carbonyl (C=O) groups excluding carboxylic acids is 1. The first-order valence-corrected chi connectivity index (χ1v) is 17.8. The molecule has 5 fully saturated rings. The first kappa shape index (κ1) is 36.6. The van der Waals surface area contributed by atoms with E-state index in [0.29, 0.717) is 38.5 Å². The molecule has 12 heteroatoms. The zero-order valence-electron chi connectivity index (χ0n) is 29.1. The van der Waals surface area contributed by atoms with Crippen LogP contribution in [0.1, 0.15) is 86.5 Å². The molecular formula is C36H58O12. The second-order valence-corrected chi connectivity index (χ2v) is 18.0. The van der Waals surface area contributed by atoms with Crippen molar-refractivity contribution >= 4 is 5.97 Å². The summed E-state index contributed by atoms with van der Waals surface area (Å²) in [4.78, 5) is 14.4. The van der Waals surface area contributed by atoms with Crippen LogP contribution in [0.5, 0.6) is 0 Å². The number of hydrogen-bond acceptors (Lipinski definition) is 12. The van der Waals surface area contributed by atoms with Crippen LogP contribution in [0.25, 0.3) is 0 Å². The number of hydrogen-bond donors (Lipinski definition) is 9. The predicted molar refractivity (Wildman–Crippen MR) is 170 cm³/mol. The molecule has 0 amide bonds. The Morgan fingerprint density at radius 3 is 2.10 bits per heavy atom. The number of carbonyl (C=O) groups is 1. The number of rotatable bonds is 4. The smallest absolute Gasteiger partial charge is 0.315 e. The normalized spacial score (nSPS) is 56.1. The molecule has 1 heterocycles. The van der Waals surface area contributed by atoms with E-state index in [9.17, 15) is 50.8 Å². The summed E-state index contributed by atoms with van der Waals surface area (Å²) in [6, 6.07) is 0. The van der Waals surface area contributed by atoms with Gasteiger partial charge in [-0.05, 0) is 72.5 Å². The van der Waals surface area contributed by atoms with Gasteiger partial charge >= 0.3 is 5.97 Å². The summed E-state index contributed by atoms with van der Waals surface area (Å²) in [5.74, 6) is -1.87. The lowest BCUT2D eigenvalue weighted by Crippen LogP contribution is -2.72. The third kappa shape index (κ3) is 4.66. The molecule has 48 heavy (non-hydrogen) atoms. The topological polar surface area (TPSA) is 218 Å². The van der Waals surface area contributed by atoms with Crippen molar-refractivity contribution in [3.63, 3.8) is 0 Å². The number of aliphatic hydroxyl groups excluding tert-OH is 9. The Kier molecular flexibility index (Phi) is 8.89. The summed E-state index contributed by atoms with van der Waals surface area (Å²) < 4.78 is 11.4. The number of fused-ring (bicyclic) bond motifs is 7. The van der Waals surface area contributed by atoms with Gasteiger partial charge in [-0.25, -0.2) is 0 Å². The molecule has 0 radical (unpaired) electrons. The first-order chi connectivity index (χ1) is 22.2. The van der Waals surface area contributed by atoms with Crippen LogP contribution in [0.3, 0.4) is 0 Å². The van der Waals surface area contributed by atoms with Gasteiger partial charge in [0.25, 0.3) is 0 Å². The number of ether oxygens (including phenoxy) is 2. The van der Waals surface area contributed by atoms with E-state index in [0.717, 1.165) is 5.57 Å². The standard InChI is InChI=1S/C36H58O12/c1-31(2)9-11-36(30(46)48-29-25(43)24(42)23(41)20(15-37)47-29)12-10-34(5)17(22(36)28(31)45)7-8-21-32(3)13-19(40)27(44)33(4,16-38)26(32)18(39)14-35(21,34)6/h7,18-29,37-45H,8-16H2,1-6H3/t18-,19-,20-,21-,22+,23-,24+,25-,26-,27+,28+,29+,32-,33+,34-,35-,36+/m1/s1. The van der Waals surface area contributed by atoms with Crippen LogP contribution in [-0.4, -0.2) is 120 Å². The van der Waals surface area contributed by atoms with Crippen LogP contribution >= 0.6 is 0 Å². The number of esters is 1. The molecule has 6 aliphatic rings. The number of allylic oxidation sites excluding steroid dienone is 1. The molecule has 274 valence electrons. The van der Waals surface area contributed by atoms with E-state index in [2.05, 4.69) is 26.8 Å². The van der Waals surface area contributed by atoms with Gasteiger partial charge in [0.05, 0.1) is 43.0 Å². The Hall–Kier alpha value is -1.19. The highest BCUT2D eigenvalue weighted by Gasteiger charge is 2.73. The molecule has 0 bridgehead atoms. The van der Waals surface area contributed by atoms with Crippen molar-refractivity contribution < 1.29 is 60.2 Å². The van der Waals surface area contributed by atoms with E-state index in [-0.39, 0.29) is 18.9 Å². The van der Waals surface area contributed by atoms with Crippen molar-refractivity contribution in [1.82, 2.24) is 0 Å². The van der Waals surface area contributed by atoms with E-state index in [4.69, 9.17) is 9.47 Å². The van der Waals surface area contributed by atoms with Gasteiger partial charge in [-0.2, -0.15) is 0 Å². The zero-order chi connectivity index (χ0) is 35.6. The Labute approximate surface area is 282 Å². The summed E-state index contributed by atoms with van der Waals surface area (Å²) in [6.45, 7) is 11.0. The minimum absolute atomic E-state index is 0.0533. The molecule has 0 aromatic heterocycles. The van der Waals surface area contributed by atoms with Gasteiger partial charge in [0.15, 0.2) is 0 Å². The minimum Gasteiger partial charge on any atom is -0.432 e. The SMILES string of the molecule is CC1(C)CC[C@]2(C(=O)O[C@@H]3O[C@H](CO)[C@@H](O)[C@H](O)[C@H]3O)CC[C@]3(C)C(=CC[C@@H]4[C@@]5(C)C[C@@H](O)[C@H](O)[C@@](C)(CO)[C@@H]5[C@H](O)C[C@]43C)[C@H]2[C@@H]1O. The fourth-order valence-electron chi connectivity index (χ4n) is 12.3. The molecule has 1 saturated heterocycles. The Balaban J connectivity index is 1.41. The highest BCUT2D eigenvalue weighted by Crippen LogP contribution is 2.75. The van der Waals surface area contributed by atoms with Gasteiger partial charge in [-0.1, -0.05) is 53.2 Å². The summed E-state index contributed by atoms with van der Waals surface area (Å²) in [7, 11) is 0. The fraction of sp³-hybridized carbons (Fsp3) is 0.917. The van der Waals surface area contributed by atoms with Gasteiger partial charge in [0.2, 0.25) is 6.29 Å². The molecule has 0 unspecified atom stereocenters. The molecule has 12 nitrogen and oxygen atoms in total. The summed E-state index contributed by atoms with van der Waals surface area (Å²) >= 11 is 0. The van der Waals surface area contributed by atoms with Gasteiger partial charge in [-0.3, -0.25) is 4.79 Å². The summed E-state index contributed by atoms with van der Waals surface area (Å²) in [6.07, 6.45) is -6.92. The molecule has 0 spiro atoms. The average Bonchev–Trinajstić information content (AvgIpc) is 3.02. The lowest BCUT2D eigenvalue weighted by molar-refractivity contribution is -0.299. The van der Waals surface area contributed by atoms with Gasteiger partial charge in [0.1, 0.15) is 24.4 Å². The Bertz CT molecular complexity index is 1300.